The minimum atomic E-state index is -0.327. The zero-order valence-corrected chi connectivity index (χ0v) is 15.5. The minimum absolute atomic E-state index is 0.0356. The van der Waals surface area contributed by atoms with Gasteiger partial charge in [0, 0.05) is 18.4 Å². The summed E-state index contributed by atoms with van der Waals surface area (Å²) < 4.78 is 5.18. The molecule has 0 spiro atoms. The first-order valence-electron chi connectivity index (χ1n) is 8.90. The van der Waals surface area contributed by atoms with E-state index in [1.807, 2.05) is 48.5 Å². The van der Waals surface area contributed by atoms with E-state index in [4.69, 9.17) is 4.74 Å². The first-order chi connectivity index (χ1) is 13.7. The van der Waals surface area contributed by atoms with Crippen molar-refractivity contribution in [2.45, 2.75) is 12.8 Å². The Morgan fingerprint density at radius 1 is 0.929 bits per heavy atom. The van der Waals surface area contributed by atoms with Gasteiger partial charge in [0.15, 0.2) is 0 Å². The van der Waals surface area contributed by atoms with Crippen LogP contribution in [0.4, 0.5) is 5.69 Å². The molecule has 6 nitrogen and oxygen atoms in total. The zero-order chi connectivity index (χ0) is 19.8. The highest BCUT2D eigenvalue weighted by Gasteiger charge is 2.09. The largest absolute Gasteiger partial charge is 0.495 e. The number of rotatable bonds is 7. The fraction of sp³-hybridized carbons (Fsp3) is 0.136. The van der Waals surface area contributed by atoms with Crippen molar-refractivity contribution < 1.29 is 14.3 Å². The monoisotopic (exact) mass is 375 g/mol. The number of nitrogens with one attached hydrogen (secondary N) is 2. The van der Waals surface area contributed by atoms with Crippen LogP contribution in [-0.4, -0.2) is 25.1 Å². The smallest absolute Gasteiger partial charge is 0.240 e. The van der Waals surface area contributed by atoms with Crippen LogP contribution >= 0.6 is 0 Å². The molecule has 0 aliphatic heterocycles. The molecule has 3 rings (SSSR count). The van der Waals surface area contributed by atoms with Gasteiger partial charge in [-0.3, -0.25) is 9.59 Å². The Bertz CT molecular complexity index is 1010. The summed E-state index contributed by atoms with van der Waals surface area (Å²) in [6.07, 6.45) is 1.69. The predicted molar refractivity (Wildman–Crippen MR) is 111 cm³/mol. The molecule has 0 fully saturated rings. The van der Waals surface area contributed by atoms with Crippen LogP contribution in [0.5, 0.6) is 5.75 Å². The number of nitrogens with zero attached hydrogens (tertiary/aromatic N) is 1. The van der Waals surface area contributed by atoms with Crippen LogP contribution in [0.15, 0.2) is 71.8 Å². The van der Waals surface area contributed by atoms with Gasteiger partial charge in [0.05, 0.1) is 19.0 Å². The highest BCUT2D eigenvalue weighted by Crippen LogP contribution is 2.23. The number of anilines is 1. The van der Waals surface area contributed by atoms with E-state index in [0.717, 1.165) is 16.3 Å². The van der Waals surface area contributed by atoms with Crippen LogP contribution in [0, 0.1) is 0 Å². The van der Waals surface area contributed by atoms with Gasteiger partial charge in [0.2, 0.25) is 11.8 Å². The average Bonchev–Trinajstić information content (AvgIpc) is 2.73. The number of para-hydroxylation sites is 2. The van der Waals surface area contributed by atoms with E-state index in [9.17, 15) is 9.59 Å². The summed E-state index contributed by atoms with van der Waals surface area (Å²) in [6, 6.07) is 20.9. The van der Waals surface area contributed by atoms with Crippen molar-refractivity contribution >= 4 is 34.5 Å². The van der Waals surface area contributed by atoms with Crippen molar-refractivity contribution in [1.29, 1.82) is 0 Å². The van der Waals surface area contributed by atoms with Gasteiger partial charge in [-0.25, -0.2) is 5.43 Å². The summed E-state index contributed by atoms with van der Waals surface area (Å²) in [5, 5.41) is 8.90. The predicted octanol–water partition coefficient (Wildman–Crippen LogP) is 3.72. The molecule has 0 saturated carbocycles. The van der Waals surface area contributed by atoms with Crippen LogP contribution in [-0.2, 0) is 9.59 Å². The van der Waals surface area contributed by atoms with Gasteiger partial charge in [0.25, 0.3) is 0 Å². The molecule has 2 amide bonds. The van der Waals surface area contributed by atoms with Crippen molar-refractivity contribution in [2.75, 3.05) is 12.4 Å². The SMILES string of the molecule is COc1ccccc1NC(=O)CCC(=O)N/N=C/c1cccc2ccccc12. The Balaban J connectivity index is 1.50. The van der Waals surface area contributed by atoms with Crippen LogP contribution in [0.1, 0.15) is 18.4 Å². The van der Waals surface area contributed by atoms with Crippen molar-refractivity contribution in [1.82, 2.24) is 5.43 Å². The fourth-order valence-electron chi connectivity index (χ4n) is 2.78. The molecule has 0 bridgehead atoms. The number of methoxy groups -OCH3 is 1. The average molecular weight is 375 g/mol. The summed E-state index contributed by atoms with van der Waals surface area (Å²) in [7, 11) is 1.53. The molecule has 6 heteroatoms. The Morgan fingerprint density at radius 3 is 2.50 bits per heavy atom. The lowest BCUT2D eigenvalue weighted by Gasteiger charge is -2.09. The van der Waals surface area contributed by atoms with E-state index in [1.165, 1.54) is 7.11 Å². The lowest BCUT2D eigenvalue weighted by molar-refractivity contribution is -0.124. The van der Waals surface area contributed by atoms with Crippen LogP contribution in [0.2, 0.25) is 0 Å². The molecule has 0 unspecified atom stereocenters. The van der Waals surface area contributed by atoms with Gasteiger partial charge in [-0.05, 0) is 22.9 Å². The molecular formula is C22H21N3O3. The number of carbonyl (C=O) groups excluding carboxylic acids is 2. The number of hydrazone groups is 1. The normalized spacial score (nSPS) is 10.8. The van der Waals surface area contributed by atoms with Crippen LogP contribution in [0.3, 0.4) is 0 Å². The molecule has 3 aromatic carbocycles. The number of benzene rings is 3. The lowest BCUT2D eigenvalue weighted by Crippen LogP contribution is -2.20. The molecule has 0 aromatic heterocycles. The Hall–Kier alpha value is -3.67. The van der Waals surface area contributed by atoms with Crippen LogP contribution in [0.25, 0.3) is 10.8 Å². The fourth-order valence-corrected chi connectivity index (χ4v) is 2.78. The third-order valence-electron chi connectivity index (χ3n) is 4.18. The molecule has 0 saturated heterocycles. The number of hydrogen-bond donors (Lipinski definition) is 2. The second-order valence-electron chi connectivity index (χ2n) is 6.11. The Labute approximate surface area is 163 Å². The second-order valence-corrected chi connectivity index (χ2v) is 6.11. The van der Waals surface area contributed by atoms with Gasteiger partial charge in [0.1, 0.15) is 5.75 Å². The van der Waals surface area contributed by atoms with E-state index >= 15 is 0 Å². The molecular weight excluding hydrogens is 354 g/mol. The maximum absolute atomic E-state index is 12.0. The zero-order valence-electron chi connectivity index (χ0n) is 15.5. The quantitative estimate of drug-likeness (QED) is 0.488. The molecule has 0 radical (unpaired) electrons. The maximum Gasteiger partial charge on any atom is 0.240 e. The van der Waals surface area contributed by atoms with Crippen LogP contribution < -0.4 is 15.5 Å². The summed E-state index contributed by atoms with van der Waals surface area (Å²) >= 11 is 0. The first kappa shape index (κ1) is 19.1. The van der Waals surface area contributed by atoms with Gasteiger partial charge in [-0.15, -0.1) is 0 Å². The summed E-state index contributed by atoms with van der Waals surface area (Å²) in [5.41, 5.74) is 3.95. The van der Waals surface area contributed by atoms with Gasteiger partial charge >= 0.3 is 0 Å². The van der Waals surface area contributed by atoms with E-state index in [-0.39, 0.29) is 24.7 Å². The van der Waals surface area contributed by atoms with Gasteiger partial charge in [-0.2, -0.15) is 5.10 Å². The van der Waals surface area contributed by atoms with Crippen molar-refractivity contribution in [2.24, 2.45) is 5.10 Å². The number of hydrogen-bond acceptors (Lipinski definition) is 4. The number of carbonyl (C=O) groups is 2. The lowest BCUT2D eigenvalue weighted by atomic mass is 10.1. The molecule has 0 heterocycles. The molecule has 2 N–H and O–H groups in total. The maximum atomic E-state index is 12.0. The van der Waals surface area contributed by atoms with E-state index in [2.05, 4.69) is 15.8 Å². The third kappa shape index (κ3) is 4.94. The van der Waals surface area contributed by atoms with Gasteiger partial charge in [-0.1, -0.05) is 54.6 Å². The van der Waals surface area contributed by atoms with E-state index in [1.54, 1.807) is 24.4 Å². The summed E-state index contributed by atoms with van der Waals surface area (Å²) in [6.45, 7) is 0. The van der Waals surface area contributed by atoms with Crippen molar-refractivity contribution in [3.05, 3.63) is 72.3 Å². The highest BCUT2D eigenvalue weighted by atomic mass is 16.5. The molecule has 0 aliphatic rings. The highest BCUT2D eigenvalue weighted by molar-refractivity contribution is 6.00. The van der Waals surface area contributed by atoms with Gasteiger partial charge < -0.3 is 10.1 Å². The third-order valence-corrected chi connectivity index (χ3v) is 4.18. The number of ether oxygens (including phenoxy) is 1. The number of fused-ring (bicyclic) bond motifs is 1. The molecule has 0 atom stereocenters. The number of amides is 2. The van der Waals surface area contributed by atoms with Crippen molar-refractivity contribution in [3.63, 3.8) is 0 Å². The Kier molecular flexibility index (Phi) is 6.36. The molecule has 28 heavy (non-hydrogen) atoms. The first-order valence-corrected chi connectivity index (χ1v) is 8.90. The molecule has 3 aromatic rings. The van der Waals surface area contributed by atoms with E-state index < -0.39 is 0 Å². The second kappa shape index (κ2) is 9.32. The topological polar surface area (TPSA) is 79.8 Å². The standard InChI is InChI=1S/C22H21N3O3/c1-28-20-12-5-4-11-19(20)24-21(26)13-14-22(27)25-23-15-17-9-6-8-16-7-2-3-10-18(16)17/h2-12,15H,13-14H2,1H3,(H,24,26)(H,25,27)/b23-15+. The summed E-state index contributed by atoms with van der Waals surface area (Å²) in [5.74, 6) is -0.0238. The Morgan fingerprint density at radius 2 is 1.64 bits per heavy atom. The molecule has 142 valence electrons. The summed E-state index contributed by atoms with van der Waals surface area (Å²) in [4.78, 5) is 24.0. The molecule has 0 aliphatic carbocycles. The minimum Gasteiger partial charge on any atom is -0.495 e. The van der Waals surface area contributed by atoms with E-state index in [0.29, 0.717) is 11.4 Å². The van der Waals surface area contributed by atoms with Crippen molar-refractivity contribution in [3.8, 4) is 5.75 Å².